The summed E-state index contributed by atoms with van der Waals surface area (Å²) >= 11 is 1.43. The number of carbonyl (C=O) groups excluding carboxylic acids is 1. The third kappa shape index (κ3) is 3.16. The first-order valence-electron chi connectivity index (χ1n) is 4.86. The molecule has 0 fully saturated rings. The number of thioether (sulfide) groups is 1. The quantitative estimate of drug-likeness (QED) is 0.606. The van der Waals surface area contributed by atoms with Gasteiger partial charge in [-0.15, -0.1) is 11.8 Å². The summed E-state index contributed by atoms with van der Waals surface area (Å²) in [7, 11) is 0. The number of benzene rings is 1. The third-order valence-corrected chi connectivity index (χ3v) is 3.60. The van der Waals surface area contributed by atoms with Gasteiger partial charge in [-0.3, -0.25) is 4.79 Å². The van der Waals surface area contributed by atoms with E-state index in [0.29, 0.717) is 12.1 Å². The summed E-state index contributed by atoms with van der Waals surface area (Å²) in [5.74, 6) is -0.289. The Hall–Kier alpha value is -1.16. The van der Waals surface area contributed by atoms with Crippen molar-refractivity contribution in [2.45, 2.75) is 30.4 Å². The van der Waals surface area contributed by atoms with E-state index in [1.54, 1.807) is 0 Å². The minimum atomic E-state index is -0.289. The molecule has 0 saturated carbocycles. The maximum Gasteiger partial charge on any atom is 0.230 e. The largest absolute Gasteiger partial charge is 0.398 e. The van der Waals surface area contributed by atoms with Crippen LogP contribution in [0.5, 0.6) is 0 Å². The SMILES string of the molecule is CCC(Sc1ccc(C)cc1N)C(N)=O. The summed E-state index contributed by atoms with van der Waals surface area (Å²) in [5, 5.41) is -0.199. The number of nitrogens with two attached hydrogens (primary N) is 2. The van der Waals surface area contributed by atoms with Crippen molar-refractivity contribution in [1.29, 1.82) is 0 Å². The fourth-order valence-electron chi connectivity index (χ4n) is 1.27. The van der Waals surface area contributed by atoms with Crippen LogP contribution >= 0.6 is 11.8 Å². The topological polar surface area (TPSA) is 69.1 Å². The van der Waals surface area contributed by atoms with Crippen LogP contribution in [0.2, 0.25) is 0 Å². The van der Waals surface area contributed by atoms with Crippen LogP contribution in [0.1, 0.15) is 18.9 Å². The summed E-state index contributed by atoms with van der Waals surface area (Å²) in [6.07, 6.45) is 0.716. The van der Waals surface area contributed by atoms with E-state index in [4.69, 9.17) is 11.5 Å². The first-order chi connectivity index (χ1) is 7.04. The van der Waals surface area contributed by atoms with Gasteiger partial charge < -0.3 is 11.5 Å². The van der Waals surface area contributed by atoms with E-state index in [-0.39, 0.29) is 11.2 Å². The average Bonchev–Trinajstić information content (AvgIpc) is 2.16. The number of nitrogen functional groups attached to an aromatic ring is 1. The molecule has 4 N–H and O–H groups in total. The Kier molecular flexibility index (Phi) is 4.03. The second kappa shape index (κ2) is 5.07. The zero-order valence-corrected chi connectivity index (χ0v) is 9.80. The number of hydrogen-bond acceptors (Lipinski definition) is 3. The highest BCUT2D eigenvalue weighted by Crippen LogP contribution is 2.30. The Morgan fingerprint density at radius 3 is 2.67 bits per heavy atom. The standard InChI is InChI=1S/C11H16N2OS/c1-3-9(11(13)14)15-10-5-4-7(2)6-8(10)12/h4-6,9H,3,12H2,1-2H3,(H2,13,14). The van der Waals surface area contributed by atoms with E-state index in [2.05, 4.69) is 0 Å². The smallest absolute Gasteiger partial charge is 0.230 e. The molecule has 0 aliphatic rings. The van der Waals surface area contributed by atoms with Gasteiger partial charge >= 0.3 is 0 Å². The molecule has 0 aliphatic heterocycles. The lowest BCUT2D eigenvalue weighted by Crippen LogP contribution is -2.24. The van der Waals surface area contributed by atoms with Gasteiger partial charge in [0.2, 0.25) is 5.91 Å². The molecule has 1 rings (SSSR count). The van der Waals surface area contributed by atoms with Crippen LogP contribution in [0.4, 0.5) is 5.69 Å². The van der Waals surface area contributed by atoms with Gasteiger partial charge in [-0.1, -0.05) is 13.0 Å². The number of aryl methyl sites for hydroxylation is 1. The van der Waals surface area contributed by atoms with Crippen LogP contribution in [-0.4, -0.2) is 11.2 Å². The lowest BCUT2D eigenvalue weighted by atomic mass is 10.2. The Morgan fingerprint density at radius 2 is 2.20 bits per heavy atom. The number of hydrogen-bond donors (Lipinski definition) is 2. The van der Waals surface area contributed by atoms with Gasteiger partial charge in [-0.2, -0.15) is 0 Å². The first-order valence-corrected chi connectivity index (χ1v) is 5.74. The molecule has 82 valence electrons. The van der Waals surface area contributed by atoms with Gasteiger partial charge in [0.15, 0.2) is 0 Å². The van der Waals surface area contributed by atoms with Crippen molar-refractivity contribution in [3.8, 4) is 0 Å². The highest BCUT2D eigenvalue weighted by Gasteiger charge is 2.15. The minimum Gasteiger partial charge on any atom is -0.398 e. The number of anilines is 1. The van der Waals surface area contributed by atoms with Gasteiger partial charge in [0.05, 0.1) is 5.25 Å². The predicted octanol–water partition coefficient (Wildman–Crippen LogP) is 1.93. The number of amides is 1. The van der Waals surface area contributed by atoms with Crippen molar-refractivity contribution in [2.24, 2.45) is 5.73 Å². The summed E-state index contributed by atoms with van der Waals surface area (Å²) in [4.78, 5) is 12.0. The Labute approximate surface area is 94.2 Å². The highest BCUT2D eigenvalue weighted by atomic mass is 32.2. The van der Waals surface area contributed by atoms with E-state index in [9.17, 15) is 4.79 Å². The molecule has 1 unspecified atom stereocenters. The fraction of sp³-hybridized carbons (Fsp3) is 0.364. The minimum absolute atomic E-state index is 0.199. The van der Waals surface area contributed by atoms with E-state index in [1.165, 1.54) is 11.8 Å². The molecule has 3 nitrogen and oxygen atoms in total. The molecule has 1 aromatic rings. The second-order valence-corrected chi connectivity index (χ2v) is 4.70. The van der Waals surface area contributed by atoms with E-state index in [1.807, 2.05) is 32.0 Å². The van der Waals surface area contributed by atoms with Crippen LogP contribution in [-0.2, 0) is 4.79 Å². The fourth-order valence-corrected chi connectivity index (χ4v) is 2.20. The molecule has 4 heteroatoms. The average molecular weight is 224 g/mol. The zero-order chi connectivity index (χ0) is 11.4. The molecule has 15 heavy (non-hydrogen) atoms. The van der Waals surface area contributed by atoms with Crippen molar-refractivity contribution in [3.63, 3.8) is 0 Å². The van der Waals surface area contributed by atoms with E-state index >= 15 is 0 Å². The van der Waals surface area contributed by atoms with Gasteiger partial charge in [0, 0.05) is 10.6 Å². The molecule has 1 amide bonds. The van der Waals surface area contributed by atoms with Crippen LogP contribution < -0.4 is 11.5 Å². The van der Waals surface area contributed by atoms with Crippen LogP contribution in [0, 0.1) is 6.92 Å². The van der Waals surface area contributed by atoms with Gasteiger partial charge in [-0.05, 0) is 31.0 Å². The molecule has 0 bridgehead atoms. The second-order valence-electron chi connectivity index (χ2n) is 3.46. The summed E-state index contributed by atoms with van der Waals surface area (Å²) in [5.41, 5.74) is 12.9. The summed E-state index contributed by atoms with van der Waals surface area (Å²) < 4.78 is 0. The van der Waals surface area contributed by atoms with E-state index in [0.717, 1.165) is 10.5 Å². The van der Waals surface area contributed by atoms with Crippen molar-refractivity contribution >= 4 is 23.4 Å². The predicted molar refractivity (Wildman–Crippen MR) is 64.7 cm³/mol. The molecule has 1 atom stereocenters. The molecule has 0 aromatic heterocycles. The van der Waals surface area contributed by atoms with Gasteiger partial charge in [0.25, 0.3) is 0 Å². The van der Waals surface area contributed by atoms with Gasteiger partial charge in [0.1, 0.15) is 0 Å². The summed E-state index contributed by atoms with van der Waals surface area (Å²) in [6, 6.07) is 5.81. The number of primary amides is 1. The lowest BCUT2D eigenvalue weighted by Gasteiger charge is -2.12. The molecule has 0 saturated heterocycles. The van der Waals surface area contributed by atoms with Gasteiger partial charge in [-0.25, -0.2) is 0 Å². The Balaban J connectivity index is 2.84. The van der Waals surface area contributed by atoms with E-state index < -0.39 is 0 Å². The first kappa shape index (κ1) is 11.9. The molecule has 0 radical (unpaired) electrons. The monoisotopic (exact) mass is 224 g/mol. The highest BCUT2D eigenvalue weighted by molar-refractivity contribution is 8.00. The molecular weight excluding hydrogens is 208 g/mol. The maximum atomic E-state index is 11.1. The maximum absolute atomic E-state index is 11.1. The molecule has 1 aromatic carbocycles. The molecule has 0 spiro atoms. The van der Waals surface area contributed by atoms with Crippen LogP contribution in [0.3, 0.4) is 0 Å². The van der Waals surface area contributed by atoms with Crippen molar-refractivity contribution in [2.75, 3.05) is 5.73 Å². The normalized spacial score (nSPS) is 12.4. The van der Waals surface area contributed by atoms with Crippen molar-refractivity contribution in [1.82, 2.24) is 0 Å². The summed E-state index contributed by atoms with van der Waals surface area (Å²) in [6.45, 7) is 3.92. The Bertz CT molecular complexity index is 366. The zero-order valence-electron chi connectivity index (χ0n) is 8.99. The lowest BCUT2D eigenvalue weighted by molar-refractivity contribution is -0.117. The Morgan fingerprint density at radius 1 is 1.53 bits per heavy atom. The number of rotatable bonds is 4. The molecular formula is C11H16N2OS. The van der Waals surface area contributed by atoms with Crippen LogP contribution in [0.15, 0.2) is 23.1 Å². The van der Waals surface area contributed by atoms with Crippen molar-refractivity contribution in [3.05, 3.63) is 23.8 Å². The molecule has 0 heterocycles. The molecule has 0 aliphatic carbocycles. The third-order valence-electron chi connectivity index (χ3n) is 2.12. The van der Waals surface area contributed by atoms with Crippen LogP contribution in [0.25, 0.3) is 0 Å². The van der Waals surface area contributed by atoms with Crippen molar-refractivity contribution < 1.29 is 4.79 Å². The number of carbonyl (C=O) groups is 1.